The van der Waals surface area contributed by atoms with Gasteiger partial charge in [-0.05, 0) is 58.8 Å². The van der Waals surface area contributed by atoms with Crippen LogP contribution in [0.25, 0.3) is 0 Å². The zero-order valence-corrected chi connectivity index (χ0v) is 29.5. The van der Waals surface area contributed by atoms with Crippen molar-refractivity contribution >= 4 is 11.4 Å². The van der Waals surface area contributed by atoms with Gasteiger partial charge in [-0.3, -0.25) is 0 Å². The van der Waals surface area contributed by atoms with Gasteiger partial charge < -0.3 is 10.6 Å². The van der Waals surface area contributed by atoms with E-state index in [-0.39, 0.29) is 10.8 Å². The Labute approximate surface area is 261 Å². The van der Waals surface area contributed by atoms with Crippen LogP contribution in [0.15, 0.2) is 72.8 Å². The van der Waals surface area contributed by atoms with Crippen LogP contribution >= 0.6 is 0 Å². The van der Waals surface area contributed by atoms with Gasteiger partial charge in [-0.25, -0.2) is 0 Å². The van der Waals surface area contributed by atoms with Gasteiger partial charge in [-0.15, -0.1) is 0 Å². The lowest BCUT2D eigenvalue weighted by atomic mass is 9.81. The van der Waals surface area contributed by atoms with E-state index < -0.39 is 0 Å². The van der Waals surface area contributed by atoms with Gasteiger partial charge in [0.1, 0.15) is 11.4 Å². The van der Waals surface area contributed by atoms with Crippen LogP contribution in [0.3, 0.4) is 0 Å². The molecule has 0 saturated heterocycles. The monoisotopic (exact) mass is 575 g/mol. The molecule has 2 heteroatoms. The maximum atomic E-state index is 4.16. The van der Waals surface area contributed by atoms with Crippen molar-refractivity contribution in [1.82, 2.24) is 0 Å². The summed E-state index contributed by atoms with van der Waals surface area (Å²) in [4.78, 5) is 1.65. The minimum Gasteiger partial charge on any atom is -0.325 e. The van der Waals surface area contributed by atoms with Gasteiger partial charge in [0, 0.05) is 11.1 Å². The van der Waals surface area contributed by atoms with E-state index in [0.717, 1.165) is 0 Å². The molecule has 0 aliphatic carbocycles. The fourth-order valence-electron chi connectivity index (χ4n) is 5.03. The lowest BCUT2D eigenvalue weighted by molar-refractivity contribution is -0.833. The van der Waals surface area contributed by atoms with Crippen LogP contribution in [-0.4, -0.2) is 13.1 Å². The molecule has 0 atom stereocenters. The zero-order chi connectivity index (χ0) is 31.9. The first-order valence-corrected chi connectivity index (χ1v) is 16.6. The molecule has 0 aliphatic heterocycles. The Morgan fingerprint density at radius 3 is 1.36 bits per heavy atom. The van der Waals surface area contributed by atoms with E-state index >= 15 is 0 Å². The third kappa shape index (κ3) is 13.3. The fourth-order valence-corrected chi connectivity index (χ4v) is 5.03. The van der Waals surface area contributed by atoms with Gasteiger partial charge in [0.15, 0.2) is 0 Å². The maximum Gasteiger partial charge on any atom is 0.134 e. The standard InChI is InChI=1S/C14H23N.C14H22.C12H19N/c1-3-5-12-15(13-6-4-2)14-10-8-7-9-11-14;1-13(2,3)11-8-7-9-12(10-11)14(4,5)6;1-8(2)10-6-5-7-11(9(3)4)12(10)13/h7-11H,3-6,12-13H2,1-2H3;7-10H,1-6H3;5-9H,13H2,1-4H3/p+2. The van der Waals surface area contributed by atoms with Crippen molar-refractivity contribution in [3.63, 3.8) is 0 Å². The average molecular weight is 575 g/mol. The van der Waals surface area contributed by atoms with Crippen LogP contribution in [0.4, 0.5) is 11.4 Å². The molecule has 0 bridgehead atoms. The van der Waals surface area contributed by atoms with Crippen molar-refractivity contribution in [1.29, 1.82) is 0 Å². The van der Waals surface area contributed by atoms with Crippen LogP contribution in [0.1, 0.15) is 143 Å². The molecule has 234 valence electrons. The third-order valence-electron chi connectivity index (χ3n) is 7.93. The molecule has 0 saturated carbocycles. The van der Waals surface area contributed by atoms with Crippen molar-refractivity contribution in [2.75, 3.05) is 13.1 Å². The molecule has 2 nitrogen and oxygen atoms in total. The van der Waals surface area contributed by atoms with Gasteiger partial charge in [0.2, 0.25) is 0 Å². The number of unbranched alkanes of at least 4 members (excludes halogenated alkanes) is 2. The van der Waals surface area contributed by atoms with Gasteiger partial charge in [-0.1, -0.05) is 157 Å². The highest BCUT2D eigenvalue weighted by atomic mass is 15.1. The summed E-state index contributed by atoms with van der Waals surface area (Å²) in [5.74, 6) is 1.15. The van der Waals surface area contributed by atoms with Gasteiger partial charge in [-0.2, -0.15) is 0 Å². The van der Waals surface area contributed by atoms with Crippen molar-refractivity contribution in [2.24, 2.45) is 0 Å². The Bertz CT molecular complexity index is 1070. The molecule has 0 spiro atoms. The van der Waals surface area contributed by atoms with E-state index in [1.54, 1.807) is 4.90 Å². The minimum atomic E-state index is 0.251. The Kier molecular flexibility index (Phi) is 16.4. The smallest absolute Gasteiger partial charge is 0.134 e. The van der Waals surface area contributed by atoms with E-state index in [4.69, 9.17) is 0 Å². The first kappa shape index (κ1) is 37.6. The van der Waals surface area contributed by atoms with Crippen molar-refractivity contribution in [2.45, 2.75) is 131 Å². The molecule has 3 aromatic carbocycles. The van der Waals surface area contributed by atoms with E-state index in [0.29, 0.717) is 11.8 Å². The Hall–Kier alpha value is -2.42. The highest BCUT2D eigenvalue weighted by molar-refractivity contribution is 5.49. The van der Waals surface area contributed by atoms with Crippen LogP contribution < -0.4 is 10.6 Å². The second kappa shape index (κ2) is 18.3. The van der Waals surface area contributed by atoms with E-state index in [9.17, 15) is 0 Å². The van der Waals surface area contributed by atoms with Crippen LogP contribution in [0.2, 0.25) is 0 Å². The summed E-state index contributed by atoms with van der Waals surface area (Å²) in [5, 5.41) is 0. The zero-order valence-electron chi connectivity index (χ0n) is 29.5. The summed E-state index contributed by atoms with van der Waals surface area (Å²) in [6.07, 6.45) is 5.24. The number of nitrogens with one attached hydrogen (secondary N) is 1. The van der Waals surface area contributed by atoms with Crippen molar-refractivity contribution in [3.8, 4) is 0 Å². The number of para-hydroxylation sites is 1. The van der Waals surface area contributed by atoms with Gasteiger partial charge in [0.05, 0.1) is 13.1 Å². The molecule has 4 N–H and O–H groups in total. The number of rotatable bonds is 9. The van der Waals surface area contributed by atoms with Gasteiger partial charge in [0.25, 0.3) is 0 Å². The van der Waals surface area contributed by atoms with Crippen LogP contribution in [-0.2, 0) is 10.8 Å². The quantitative estimate of drug-likeness (QED) is 0.255. The normalized spacial score (nSPS) is 11.7. The highest BCUT2D eigenvalue weighted by Crippen LogP contribution is 2.29. The molecule has 0 heterocycles. The Morgan fingerprint density at radius 1 is 0.595 bits per heavy atom. The van der Waals surface area contributed by atoms with Crippen molar-refractivity contribution in [3.05, 3.63) is 95.1 Å². The van der Waals surface area contributed by atoms with E-state index in [1.807, 2.05) is 0 Å². The molecule has 0 fully saturated rings. The largest absolute Gasteiger partial charge is 0.325 e. The molecule has 0 aromatic heterocycles. The number of quaternary nitrogens is 2. The molecule has 0 unspecified atom stereocenters. The van der Waals surface area contributed by atoms with Gasteiger partial charge >= 0.3 is 0 Å². The predicted octanol–water partition coefficient (Wildman–Crippen LogP) is 9.89. The first-order valence-electron chi connectivity index (χ1n) is 16.6. The molecule has 42 heavy (non-hydrogen) atoms. The van der Waals surface area contributed by atoms with E-state index in [2.05, 4.69) is 162 Å². The van der Waals surface area contributed by atoms with Crippen LogP contribution in [0, 0.1) is 0 Å². The summed E-state index contributed by atoms with van der Waals surface area (Å²) >= 11 is 0. The number of benzene rings is 3. The first-order chi connectivity index (χ1) is 19.6. The molecular formula is C40H66N2+2. The minimum absolute atomic E-state index is 0.251. The summed E-state index contributed by atoms with van der Waals surface area (Å²) in [7, 11) is 0. The maximum absolute atomic E-state index is 4.16. The van der Waals surface area contributed by atoms with E-state index in [1.165, 1.54) is 72.4 Å². The number of hydrogen-bond donors (Lipinski definition) is 2. The second-order valence-corrected chi connectivity index (χ2v) is 14.5. The summed E-state index contributed by atoms with van der Waals surface area (Å²) < 4.78 is 0. The second-order valence-electron chi connectivity index (χ2n) is 14.5. The number of hydrogen-bond acceptors (Lipinski definition) is 0. The summed E-state index contributed by atoms with van der Waals surface area (Å²) in [6.45, 7) is 29.5. The molecular weight excluding hydrogens is 508 g/mol. The molecule has 0 amide bonds. The lowest BCUT2D eigenvalue weighted by Gasteiger charge is -2.24. The molecule has 0 aliphatic rings. The highest BCUT2D eigenvalue weighted by Gasteiger charge is 2.18. The SMILES string of the molecule is CC(C)(C)c1cccc(C(C)(C)C)c1.CC(C)c1cccc(C(C)C)c1[NH3+].CCCC[NH+](CCCC)c1ccccc1. The average Bonchev–Trinajstić information content (AvgIpc) is 2.93. The summed E-state index contributed by atoms with van der Waals surface area (Å²) in [6, 6.07) is 26.3. The predicted molar refractivity (Wildman–Crippen MR) is 188 cm³/mol. The Balaban J connectivity index is 0.000000316. The Morgan fingerprint density at radius 2 is 1.00 bits per heavy atom. The topological polar surface area (TPSA) is 32.1 Å². The van der Waals surface area contributed by atoms with Crippen LogP contribution in [0.5, 0.6) is 0 Å². The molecule has 3 rings (SSSR count). The summed E-state index contributed by atoms with van der Waals surface area (Å²) in [5.41, 5.74) is 13.0. The lowest BCUT2D eigenvalue weighted by Crippen LogP contribution is -3.07. The molecule has 0 radical (unpaired) electrons. The third-order valence-corrected chi connectivity index (χ3v) is 7.93. The molecule has 3 aromatic rings. The fraction of sp³-hybridized carbons (Fsp3) is 0.550. The van der Waals surface area contributed by atoms with Crippen molar-refractivity contribution < 1.29 is 10.6 Å².